The molecule has 0 radical (unpaired) electrons. The molecular formula is C9H16N2. The highest BCUT2D eigenvalue weighted by molar-refractivity contribution is 4.99. The molecule has 1 heterocycles. The first-order valence-corrected chi connectivity index (χ1v) is 4.52. The first-order valence-electron chi connectivity index (χ1n) is 4.52. The molecule has 0 aromatic rings. The molecule has 1 aliphatic heterocycles. The Morgan fingerprint density at radius 2 is 2.27 bits per heavy atom. The molecule has 2 nitrogen and oxygen atoms in total. The van der Waals surface area contributed by atoms with Crippen LogP contribution in [0.2, 0.25) is 0 Å². The number of piperidine rings is 1. The monoisotopic (exact) mass is 152 g/mol. The van der Waals surface area contributed by atoms with Crippen LogP contribution in [0.5, 0.6) is 0 Å². The number of rotatable bonds is 2. The van der Waals surface area contributed by atoms with Crippen molar-refractivity contribution in [2.24, 2.45) is 5.92 Å². The first-order chi connectivity index (χ1) is 5.42. The third-order valence-corrected chi connectivity index (χ3v) is 3.02. The van der Waals surface area contributed by atoms with Gasteiger partial charge in [0.1, 0.15) is 0 Å². The van der Waals surface area contributed by atoms with Crippen LogP contribution in [0.4, 0.5) is 0 Å². The van der Waals surface area contributed by atoms with Crippen molar-refractivity contribution in [2.75, 3.05) is 6.54 Å². The summed E-state index contributed by atoms with van der Waals surface area (Å²) in [6.07, 6.45) is 5.91. The Bertz CT molecular complexity index is 140. The molecule has 1 saturated carbocycles. The predicted molar refractivity (Wildman–Crippen MR) is 46.3 cm³/mol. The van der Waals surface area contributed by atoms with Crippen molar-refractivity contribution in [3.05, 3.63) is 12.8 Å². The smallest absolute Gasteiger partial charge is 0.0437 e. The van der Waals surface area contributed by atoms with Crippen LogP contribution in [0.1, 0.15) is 19.3 Å². The largest absolute Gasteiger partial charge is 0.387 e. The molecule has 62 valence electrons. The van der Waals surface area contributed by atoms with Gasteiger partial charge in [-0.1, -0.05) is 6.58 Å². The molecule has 0 amide bonds. The molecule has 11 heavy (non-hydrogen) atoms. The fraction of sp³-hybridized carbons (Fsp3) is 0.778. The Morgan fingerprint density at radius 3 is 3.00 bits per heavy atom. The van der Waals surface area contributed by atoms with Crippen LogP contribution >= 0.6 is 0 Å². The van der Waals surface area contributed by atoms with Crippen LogP contribution in [0.25, 0.3) is 0 Å². The summed E-state index contributed by atoms with van der Waals surface area (Å²) in [5, 5.41) is 6.88. The van der Waals surface area contributed by atoms with E-state index in [0.29, 0.717) is 12.1 Å². The zero-order valence-corrected chi connectivity index (χ0v) is 6.84. The van der Waals surface area contributed by atoms with Crippen LogP contribution in [0, 0.1) is 5.92 Å². The number of hydrogen-bond acceptors (Lipinski definition) is 2. The summed E-state index contributed by atoms with van der Waals surface area (Å²) in [6, 6.07) is 1.38. The minimum atomic E-state index is 0.668. The zero-order valence-electron chi connectivity index (χ0n) is 6.84. The van der Waals surface area contributed by atoms with Crippen LogP contribution in [-0.2, 0) is 0 Å². The van der Waals surface area contributed by atoms with Crippen molar-refractivity contribution in [3.63, 3.8) is 0 Å². The summed E-state index contributed by atoms with van der Waals surface area (Å²) in [7, 11) is 0. The van der Waals surface area contributed by atoms with Gasteiger partial charge in [-0.05, 0) is 37.9 Å². The molecule has 2 fully saturated rings. The highest BCUT2D eigenvalue weighted by atomic mass is 15.0. The van der Waals surface area contributed by atoms with Crippen molar-refractivity contribution in [1.29, 1.82) is 0 Å². The summed E-state index contributed by atoms with van der Waals surface area (Å²) in [5.41, 5.74) is 0. The van der Waals surface area contributed by atoms with Gasteiger partial charge in [0.05, 0.1) is 0 Å². The molecule has 1 aliphatic carbocycles. The Balaban J connectivity index is 2.02. The second-order valence-corrected chi connectivity index (χ2v) is 3.58. The maximum Gasteiger partial charge on any atom is 0.0437 e. The van der Waals surface area contributed by atoms with E-state index in [-0.39, 0.29) is 0 Å². The van der Waals surface area contributed by atoms with Crippen LogP contribution in [-0.4, -0.2) is 18.6 Å². The summed E-state index contributed by atoms with van der Waals surface area (Å²) < 4.78 is 0. The van der Waals surface area contributed by atoms with E-state index >= 15 is 0 Å². The van der Waals surface area contributed by atoms with Gasteiger partial charge in [0.2, 0.25) is 0 Å². The minimum Gasteiger partial charge on any atom is -0.387 e. The second kappa shape index (κ2) is 2.86. The van der Waals surface area contributed by atoms with Gasteiger partial charge in [-0.25, -0.2) is 0 Å². The molecule has 1 saturated heterocycles. The van der Waals surface area contributed by atoms with Crippen molar-refractivity contribution in [1.82, 2.24) is 10.6 Å². The van der Waals surface area contributed by atoms with Crippen molar-refractivity contribution in [2.45, 2.75) is 31.3 Å². The maximum atomic E-state index is 3.71. The van der Waals surface area contributed by atoms with E-state index in [1.165, 1.54) is 25.8 Å². The molecular weight excluding hydrogens is 136 g/mol. The zero-order chi connectivity index (χ0) is 7.68. The molecule has 2 rings (SSSR count). The molecule has 0 spiro atoms. The second-order valence-electron chi connectivity index (χ2n) is 3.58. The van der Waals surface area contributed by atoms with E-state index in [1.807, 2.05) is 6.20 Å². The fourth-order valence-electron chi connectivity index (χ4n) is 2.48. The van der Waals surface area contributed by atoms with Gasteiger partial charge in [-0.2, -0.15) is 0 Å². The van der Waals surface area contributed by atoms with E-state index in [9.17, 15) is 0 Å². The molecule has 0 aromatic heterocycles. The van der Waals surface area contributed by atoms with E-state index < -0.39 is 0 Å². The molecule has 2 N–H and O–H groups in total. The maximum absolute atomic E-state index is 3.71. The molecule has 0 aromatic carbocycles. The van der Waals surface area contributed by atoms with Gasteiger partial charge in [0.15, 0.2) is 0 Å². The molecule has 3 atom stereocenters. The Labute approximate surface area is 68.1 Å². The van der Waals surface area contributed by atoms with Gasteiger partial charge < -0.3 is 10.6 Å². The van der Waals surface area contributed by atoms with Gasteiger partial charge in [0, 0.05) is 12.1 Å². The van der Waals surface area contributed by atoms with Crippen molar-refractivity contribution >= 4 is 0 Å². The number of hydrogen-bond donors (Lipinski definition) is 2. The van der Waals surface area contributed by atoms with Crippen molar-refractivity contribution < 1.29 is 0 Å². The highest BCUT2D eigenvalue weighted by Crippen LogP contribution is 2.31. The van der Waals surface area contributed by atoms with Gasteiger partial charge in [-0.15, -0.1) is 0 Å². The SMILES string of the molecule is C=CNC1C2CCNC1CC2. The summed E-state index contributed by atoms with van der Waals surface area (Å²) in [5.74, 6) is 0.902. The average Bonchev–Trinajstić information content (AvgIpc) is 2.30. The Kier molecular flexibility index (Phi) is 1.86. The summed E-state index contributed by atoms with van der Waals surface area (Å²) in [4.78, 5) is 0. The van der Waals surface area contributed by atoms with E-state index in [2.05, 4.69) is 17.2 Å². The summed E-state index contributed by atoms with van der Waals surface area (Å²) >= 11 is 0. The van der Waals surface area contributed by atoms with E-state index in [1.54, 1.807) is 0 Å². The van der Waals surface area contributed by atoms with Crippen LogP contribution < -0.4 is 10.6 Å². The quantitative estimate of drug-likeness (QED) is 0.613. The number of nitrogens with one attached hydrogen (secondary N) is 2. The third kappa shape index (κ3) is 1.16. The van der Waals surface area contributed by atoms with E-state index in [0.717, 1.165) is 5.92 Å². The lowest BCUT2D eigenvalue weighted by atomic mass is 9.95. The summed E-state index contributed by atoms with van der Waals surface area (Å²) in [6.45, 7) is 4.93. The fourth-order valence-corrected chi connectivity index (χ4v) is 2.48. The topological polar surface area (TPSA) is 24.1 Å². The molecule has 2 heteroatoms. The van der Waals surface area contributed by atoms with Gasteiger partial charge >= 0.3 is 0 Å². The standard InChI is InChI=1S/C9H16N2/c1-2-10-9-7-3-4-8(9)11-6-5-7/h2,7-11H,1,3-6H2. The Hall–Kier alpha value is -0.500. The normalized spacial score (nSPS) is 42.0. The lowest BCUT2D eigenvalue weighted by molar-refractivity contribution is 0.306. The van der Waals surface area contributed by atoms with Crippen molar-refractivity contribution in [3.8, 4) is 0 Å². The minimum absolute atomic E-state index is 0.668. The average molecular weight is 152 g/mol. The van der Waals surface area contributed by atoms with Gasteiger partial charge in [-0.3, -0.25) is 0 Å². The Morgan fingerprint density at radius 1 is 1.36 bits per heavy atom. The van der Waals surface area contributed by atoms with Gasteiger partial charge in [0.25, 0.3) is 0 Å². The van der Waals surface area contributed by atoms with E-state index in [4.69, 9.17) is 0 Å². The lowest BCUT2D eigenvalue weighted by Crippen LogP contribution is -2.50. The predicted octanol–water partition coefficient (Wildman–Crippen LogP) is 0.860. The van der Waals surface area contributed by atoms with Crippen LogP contribution in [0.15, 0.2) is 12.8 Å². The lowest BCUT2D eigenvalue weighted by Gasteiger charge is -2.31. The first kappa shape index (κ1) is 7.17. The molecule has 3 unspecified atom stereocenters. The third-order valence-electron chi connectivity index (χ3n) is 3.02. The molecule has 2 aliphatic rings. The number of fused-ring (bicyclic) bond motifs is 2. The highest BCUT2D eigenvalue weighted by Gasteiger charge is 2.37. The van der Waals surface area contributed by atoms with Crippen LogP contribution in [0.3, 0.4) is 0 Å². The molecule has 2 bridgehead atoms.